The van der Waals surface area contributed by atoms with Crippen LogP contribution < -0.4 is 4.90 Å². The zero-order valence-corrected chi connectivity index (χ0v) is 16.1. The van der Waals surface area contributed by atoms with Crippen molar-refractivity contribution in [2.45, 2.75) is 12.8 Å². The average molecular weight is 405 g/mol. The zero-order valence-electron chi connectivity index (χ0n) is 16.1. The van der Waals surface area contributed by atoms with Gasteiger partial charge in [0, 0.05) is 36.6 Å². The molecular weight excluding hydrogens is 385 g/mol. The van der Waals surface area contributed by atoms with Crippen molar-refractivity contribution in [2.75, 3.05) is 18.0 Å². The van der Waals surface area contributed by atoms with E-state index >= 15 is 0 Å². The number of rotatable bonds is 3. The molecule has 0 aliphatic carbocycles. The molecule has 0 spiro atoms. The fourth-order valence-corrected chi connectivity index (χ4v) is 3.73. The van der Waals surface area contributed by atoms with Gasteiger partial charge >= 0.3 is 0 Å². The molecule has 0 atom stereocenters. The molecule has 2 N–H and O–H groups in total. The molecule has 0 unspecified atom stereocenters. The van der Waals surface area contributed by atoms with E-state index in [1.54, 1.807) is 30.7 Å². The summed E-state index contributed by atoms with van der Waals surface area (Å²) in [6.07, 6.45) is 7.49. The largest absolute Gasteiger partial charge is 0.483 e. The highest BCUT2D eigenvalue weighted by atomic mass is 19.1. The van der Waals surface area contributed by atoms with Gasteiger partial charge in [0.2, 0.25) is 0 Å². The molecule has 1 aliphatic rings. The van der Waals surface area contributed by atoms with Crippen molar-refractivity contribution < 1.29 is 14.3 Å². The number of carboxylic acid groups (broad SMARTS) is 1. The Morgan fingerprint density at radius 1 is 1.07 bits per heavy atom. The molecule has 0 radical (unpaired) electrons. The van der Waals surface area contributed by atoms with Crippen LogP contribution in [0.5, 0.6) is 0 Å². The standard InChI is InChI=1S/C21H18FN5.CH2O2/c22-16-6-2-1-5-14(16)15-7-10-24-21(27-11-3-4-12-27)19(15)20-25-17-8-9-23-13-18(17)26-20;2-1-3/h1-2,5-10,13H,3-4,11-12H2,(H,25,26);1H,(H,2,3). The van der Waals surface area contributed by atoms with E-state index in [2.05, 4.69) is 19.9 Å². The number of anilines is 1. The van der Waals surface area contributed by atoms with E-state index in [4.69, 9.17) is 14.9 Å². The predicted octanol–water partition coefficient (Wildman–Crippen LogP) is 4.13. The minimum absolute atomic E-state index is 0.250. The van der Waals surface area contributed by atoms with Gasteiger partial charge in [0.25, 0.3) is 6.47 Å². The van der Waals surface area contributed by atoms with Crippen LogP contribution in [-0.4, -0.2) is 44.6 Å². The molecule has 7 nitrogen and oxygen atoms in total. The minimum atomic E-state index is -0.255. The second kappa shape index (κ2) is 8.69. The van der Waals surface area contributed by atoms with Gasteiger partial charge in [0.15, 0.2) is 0 Å². The van der Waals surface area contributed by atoms with Crippen molar-refractivity contribution in [1.82, 2.24) is 19.9 Å². The highest BCUT2D eigenvalue weighted by molar-refractivity contribution is 5.91. The first-order chi connectivity index (χ1) is 14.7. The van der Waals surface area contributed by atoms with Gasteiger partial charge in [-0.1, -0.05) is 18.2 Å². The Labute approximate surface area is 172 Å². The van der Waals surface area contributed by atoms with E-state index in [0.29, 0.717) is 11.4 Å². The topological polar surface area (TPSA) is 95.0 Å². The number of aromatic amines is 1. The van der Waals surface area contributed by atoms with Gasteiger partial charge in [-0.3, -0.25) is 9.78 Å². The number of halogens is 1. The summed E-state index contributed by atoms with van der Waals surface area (Å²) in [7, 11) is 0. The summed E-state index contributed by atoms with van der Waals surface area (Å²) in [6.45, 7) is 1.64. The Morgan fingerprint density at radius 3 is 2.57 bits per heavy atom. The van der Waals surface area contributed by atoms with Gasteiger partial charge in [-0.2, -0.15) is 0 Å². The smallest absolute Gasteiger partial charge is 0.290 e. The number of benzene rings is 1. The van der Waals surface area contributed by atoms with Crippen LogP contribution in [-0.2, 0) is 4.79 Å². The predicted molar refractivity (Wildman–Crippen MR) is 113 cm³/mol. The summed E-state index contributed by atoms with van der Waals surface area (Å²) in [6, 6.07) is 10.6. The lowest BCUT2D eigenvalue weighted by Crippen LogP contribution is -2.20. The lowest BCUT2D eigenvalue weighted by molar-refractivity contribution is -0.122. The van der Waals surface area contributed by atoms with Crippen LogP contribution in [0.4, 0.5) is 10.2 Å². The normalized spacial score (nSPS) is 13.2. The fraction of sp³-hybridized carbons (Fsp3) is 0.182. The second-order valence-corrected chi connectivity index (χ2v) is 6.81. The van der Waals surface area contributed by atoms with Crippen molar-refractivity contribution in [3.8, 4) is 22.5 Å². The van der Waals surface area contributed by atoms with E-state index in [1.165, 1.54) is 6.07 Å². The van der Waals surface area contributed by atoms with E-state index in [1.807, 2.05) is 18.2 Å². The monoisotopic (exact) mass is 405 g/mol. The average Bonchev–Trinajstić information content (AvgIpc) is 3.44. The maximum absolute atomic E-state index is 14.6. The summed E-state index contributed by atoms with van der Waals surface area (Å²) in [5.74, 6) is 1.28. The van der Waals surface area contributed by atoms with Crippen LogP contribution in [0.15, 0.2) is 55.0 Å². The minimum Gasteiger partial charge on any atom is -0.483 e. The Morgan fingerprint density at radius 2 is 1.83 bits per heavy atom. The molecule has 0 bridgehead atoms. The Bertz CT molecular complexity index is 1140. The molecule has 4 heterocycles. The summed E-state index contributed by atoms with van der Waals surface area (Å²) in [5, 5.41) is 6.89. The third-order valence-electron chi connectivity index (χ3n) is 5.02. The first kappa shape index (κ1) is 19.5. The second-order valence-electron chi connectivity index (χ2n) is 6.81. The molecule has 152 valence electrons. The van der Waals surface area contributed by atoms with Crippen LogP contribution in [0.25, 0.3) is 33.5 Å². The molecule has 1 fully saturated rings. The number of aromatic nitrogens is 4. The van der Waals surface area contributed by atoms with Crippen molar-refractivity contribution >= 4 is 23.3 Å². The quantitative estimate of drug-likeness (QED) is 0.498. The molecular formula is C22H20FN5O2. The number of carbonyl (C=O) groups is 1. The summed E-state index contributed by atoms with van der Waals surface area (Å²) in [5.41, 5.74) is 3.85. The number of nitrogens with one attached hydrogen (secondary N) is 1. The van der Waals surface area contributed by atoms with Crippen LogP contribution in [0.1, 0.15) is 12.8 Å². The molecule has 30 heavy (non-hydrogen) atoms. The third kappa shape index (κ3) is 3.71. The van der Waals surface area contributed by atoms with Gasteiger partial charge in [-0.15, -0.1) is 0 Å². The van der Waals surface area contributed by atoms with Gasteiger partial charge < -0.3 is 15.0 Å². The number of pyridine rings is 2. The van der Waals surface area contributed by atoms with E-state index < -0.39 is 0 Å². The molecule has 5 rings (SSSR count). The Hall–Kier alpha value is -3.81. The van der Waals surface area contributed by atoms with Crippen LogP contribution in [0, 0.1) is 5.82 Å². The number of imidazole rings is 1. The van der Waals surface area contributed by atoms with Crippen molar-refractivity contribution in [3.05, 3.63) is 60.8 Å². The van der Waals surface area contributed by atoms with Crippen molar-refractivity contribution in [1.29, 1.82) is 0 Å². The molecule has 0 saturated carbocycles. The molecule has 8 heteroatoms. The van der Waals surface area contributed by atoms with Gasteiger partial charge in [0.1, 0.15) is 17.5 Å². The highest BCUT2D eigenvalue weighted by Crippen LogP contribution is 2.39. The number of H-pyrrole nitrogens is 1. The van der Waals surface area contributed by atoms with Crippen LogP contribution in [0.3, 0.4) is 0 Å². The van der Waals surface area contributed by atoms with E-state index in [0.717, 1.165) is 53.9 Å². The fourth-order valence-electron chi connectivity index (χ4n) is 3.73. The first-order valence-corrected chi connectivity index (χ1v) is 9.59. The van der Waals surface area contributed by atoms with Crippen molar-refractivity contribution in [3.63, 3.8) is 0 Å². The van der Waals surface area contributed by atoms with E-state index in [9.17, 15) is 4.39 Å². The third-order valence-corrected chi connectivity index (χ3v) is 5.02. The first-order valence-electron chi connectivity index (χ1n) is 9.59. The highest BCUT2D eigenvalue weighted by Gasteiger charge is 2.24. The SMILES string of the molecule is Fc1ccccc1-c1ccnc(N2CCCC2)c1-c1nc2ccncc2[nH]1.O=CO. The molecule has 3 aromatic heterocycles. The van der Waals surface area contributed by atoms with Crippen molar-refractivity contribution in [2.24, 2.45) is 0 Å². The molecule has 1 aliphatic heterocycles. The molecule has 0 amide bonds. The number of hydrogen-bond acceptors (Lipinski definition) is 5. The molecule has 1 saturated heterocycles. The summed E-state index contributed by atoms with van der Waals surface area (Å²) < 4.78 is 14.6. The Balaban J connectivity index is 0.000000687. The number of nitrogens with zero attached hydrogens (tertiary/aromatic N) is 4. The summed E-state index contributed by atoms with van der Waals surface area (Å²) >= 11 is 0. The Kier molecular flexibility index (Phi) is 5.65. The van der Waals surface area contributed by atoms with E-state index in [-0.39, 0.29) is 12.3 Å². The molecule has 1 aromatic carbocycles. The van der Waals surface area contributed by atoms with Crippen LogP contribution >= 0.6 is 0 Å². The summed E-state index contributed by atoms with van der Waals surface area (Å²) in [4.78, 5) is 27.5. The van der Waals surface area contributed by atoms with Gasteiger partial charge in [-0.05, 0) is 31.0 Å². The van der Waals surface area contributed by atoms with Crippen LogP contribution in [0.2, 0.25) is 0 Å². The lowest BCUT2D eigenvalue weighted by Gasteiger charge is -2.21. The van der Waals surface area contributed by atoms with Gasteiger partial charge in [0.05, 0.1) is 22.8 Å². The lowest BCUT2D eigenvalue weighted by atomic mass is 9.99. The zero-order chi connectivity index (χ0) is 20.9. The number of fused-ring (bicyclic) bond motifs is 1. The maximum Gasteiger partial charge on any atom is 0.290 e. The van der Waals surface area contributed by atoms with Gasteiger partial charge in [-0.25, -0.2) is 14.4 Å². The number of hydrogen-bond donors (Lipinski definition) is 2. The molecule has 4 aromatic rings. The maximum atomic E-state index is 14.6.